The number of ether oxygens (including phenoxy) is 1. The predicted octanol–water partition coefficient (Wildman–Crippen LogP) is 0.403. The average molecular weight is 312 g/mol. The molecule has 21 heavy (non-hydrogen) atoms. The number of aromatic amines is 1. The first-order chi connectivity index (χ1) is 9.94. The minimum atomic E-state index is -3.88. The van der Waals surface area contributed by atoms with Gasteiger partial charge in [-0.25, -0.2) is 17.9 Å². The van der Waals surface area contributed by atoms with Gasteiger partial charge in [-0.2, -0.15) is 5.10 Å². The Morgan fingerprint density at radius 1 is 1.52 bits per heavy atom. The van der Waals surface area contributed by atoms with Gasteiger partial charge in [0.15, 0.2) is 5.03 Å². The maximum atomic E-state index is 12.2. The number of sulfonamides is 1. The molecular weight excluding hydrogens is 296 g/mol. The second kappa shape index (κ2) is 6.10. The van der Waals surface area contributed by atoms with Crippen LogP contribution in [0.5, 0.6) is 0 Å². The first kappa shape index (κ1) is 15.3. The van der Waals surface area contributed by atoms with E-state index in [1.54, 1.807) is 19.2 Å². The van der Waals surface area contributed by atoms with Crippen LogP contribution in [-0.2, 0) is 28.4 Å². The van der Waals surface area contributed by atoms with Crippen molar-refractivity contribution in [2.45, 2.75) is 18.5 Å². The van der Waals surface area contributed by atoms with Gasteiger partial charge in [0.25, 0.3) is 10.0 Å². The number of carbonyl (C=O) groups is 1. The van der Waals surface area contributed by atoms with Crippen molar-refractivity contribution >= 4 is 16.0 Å². The number of esters is 1. The summed E-state index contributed by atoms with van der Waals surface area (Å²) >= 11 is 0. The van der Waals surface area contributed by atoms with Crippen LogP contribution in [0.1, 0.15) is 22.8 Å². The summed E-state index contributed by atoms with van der Waals surface area (Å²) in [6.07, 6.45) is 4.74. The number of aryl methyl sites for hydroxylation is 1. The molecule has 8 nitrogen and oxygen atoms in total. The van der Waals surface area contributed by atoms with Crippen molar-refractivity contribution < 1.29 is 17.9 Å². The van der Waals surface area contributed by atoms with Crippen molar-refractivity contribution in [1.82, 2.24) is 19.5 Å². The van der Waals surface area contributed by atoms with Crippen molar-refractivity contribution in [3.05, 3.63) is 35.8 Å². The molecule has 2 N–H and O–H groups in total. The molecule has 0 radical (unpaired) electrons. The third kappa shape index (κ3) is 3.50. The Bertz CT molecular complexity index is 732. The molecule has 0 unspecified atom stereocenters. The molecule has 0 atom stereocenters. The molecule has 0 aliphatic heterocycles. The molecule has 114 valence electrons. The molecular formula is C12H16N4O4S. The third-order valence-corrected chi connectivity index (χ3v) is 4.10. The highest BCUT2D eigenvalue weighted by molar-refractivity contribution is 7.89. The van der Waals surface area contributed by atoms with E-state index in [2.05, 4.69) is 14.9 Å². The Labute approximate surface area is 122 Å². The molecule has 0 bridgehead atoms. The molecule has 2 aromatic rings. The van der Waals surface area contributed by atoms with Gasteiger partial charge in [0, 0.05) is 26.0 Å². The van der Waals surface area contributed by atoms with Crippen LogP contribution in [0.3, 0.4) is 0 Å². The smallest absolute Gasteiger partial charge is 0.342 e. The lowest BCUT2D eigenvalue weighted by atomic mass is 10.3. The van der Waals surface area contributed by atoms with E-state index in [0.717, 1.165) is 11.8 Å². The molecule has 9 heteroatoms. The van der Waals surface area contributed by atoms with E-state index in [4.69, 9.17) is 4.74 Å². The fraction of sp³-hybridized carbons (Fsp3) is 0.333. The summed E-state index contributed by atoms with van der Waals surface area (Å²) in [5.41, 5.74) is 0.690. The van der Waals surface area contributed by atoms with E-state index < -0.39 is 16.0 Å². The van der Waals surface area contributed by atoms with Gasteiger partial charge in [0.1, 0.15) is 5.56 Å². The molecule has 0 amide bonds. The van der Waals surface area contributed by atoms with E-state index in [1.165, 1.54) is 0 Å². The minimum Gasteiger partial charge on any atom is -0.462 e. The van der Waals surface area contributed by atoms with E-state index in [9.17, 15) is 13.2 Å². The van der Waals surface area contributed by atoms with Gasteiger partial charge in [0.05, 0.1) is 12.8 Å². The summed E-state index contributed by atoms with van der Waals surface area (Å²) in [5.74, 6) is -0.730. The number of hydrogen-bond acceptors (Lipinski definition) is 5. The number of nitrogens with one attached hydrogen (secondary N) is 2. The SMILES string of the molecule is CCOC(=O)c1cn[nH]c1S(=O)(=O)NCc1ccn(C)c1. The number of H-pyrrole nitrogens is 1. The van der Waals surface area contributed by atoms with Gasteiger partial charge in [-0.15, -0.1) is 0 Å². The van der Waals surface area contributed by atoms with Crippen LogP contribution < -0.4 is 4.72 Å². The molecule has 2 rings (SSSR count). The third-order valence-electron chi connectivity index (χ3n) is 2.73. The van der Waals surface area contributed by atoms with Crippen molar-refractivity contribution in [1.29, 1.82) is 0 Å². The monoisotopic (exact) mass is 312 g/mol. The lowest BCUT2D eigenvalue weighted by molar-refractivity contribution is 0.0522. The van der Waals surface area contributed by atoms with Gasteiger partial charge < -0.3 is 9.30 Å². The number of hydrogen-bond donors (Lipinski definition) is 2. The van der Waals surface area contributed by atoms with Crippen molar-refractivity contribution in [3.63, 3.8) is 0 Å². The Hall–Kier alpha value is -2.13. The fourth-order valence-corrected chi connectivity index (χ4v) is 2.85. The molecule has 0 spiro atoms. The number of aromatic nitrogens is 3. The summed E-state index contributed by atoms with van der Waals surface area (Å²) in [4.78, 5) is 11.7. The highest BCUT2D eigenvalue weighted by atomic mass is 32.2. The van der Waals surface area contributed by atoms with Gasteiger partial charge in [0.2, 0.25) is 0 Å². The van der Waals surface area contributed by atoms with E-state index in [0.29, 0.717) is 0 Å². The molecule has 0 aromatic carbocycles. The number of rotatable bonds is 6. The Balaban J connectivity index is 2.16. The molecule has 0 fully saturated rings. The Morgan fingerprint density at radius 2 is 2.29 bits per heavy atom. The summed E-state index contributed by atoms with van der Waals surface area (Å²) < 4.78 is 33.4. The van der Waals surface area contributed by atoms with Gasteiger partial charge in [-0.3, -0.25) is 5.10 Å². The summed E-state index contributed by atoms with van der Waals surface area (Å²) in [5, 5.41) is 5.63. The minimum absolute atomic E-state index is 0.114. The maximum absolute atomic E-state index is 12.2. The molecule has 0 aliphatic carbocycles. The van der Waals surface area contributed by atoms with Crippen LogP contribution in [-0.4, -0.2) is 35.8 Å². The van der Waals surface area contributed by atoms with Crippen LogP contribution in [0, 0.1) is 0 Å². The van der Waals surface area contributed by atoms with Crippen LogP contribution in [0.2, 0.25) is 0 Å². The number of carbonyl (C=O) groups excluding carboxylic acids is 1. The molecule has 0 saturated carbocycles. The summed E-state index contributed by atoms with van der Waals surface area (Å²) in [7, 11) is -2.04. The van der Waals surface area contributed by atoms with E-state index in [-0.39, 0.29) is 23.7 Å². The zero-order chi connectivity index (χ0) is 15.5. The molecule has 2 heterocycles. The Morgan fingerprint density at radius 3 is 2.90 bits per heavy atom. The molecule has 0 aliphatic rings. The van der Waals surface area contributed by atoms with Crippen molar-refractivity contribution in [3.8, 4) is 0 Å². The van der Waals surface area contributed by atoms with E-state index >= 15 is 0 Å². The van der Waals surface area contributed by atoms with Gasteiger partial charge in [-0.05, 0) is 18.6 Å². The highest BCUT2D eigenvalue weighted by Gasteiger charge is 2.25. The van der Waals surface area contributed by atoms with Crippen LogP contribution in [0.15, 0.2) is 29.7 Å². The average Bonchev–Trinajstić information content (AvgIpc) is 3.05. The van der Waals surface area contributed by atoms with Crippen molar-refractivity contribution in [2.24, 2.45) is 7.05 Å². The second-order valence-electron chi connectivity index (χ2n) is 4.34. The largest absolute Gasteiger partial charge is 0.462 e. The van der Waals surface area contributed by atoms with E-state index in [1.807, 2.05) is 17.8 Å². The van der Waals surface area contributed by atoms with Crippen LogP contribution >= 0.6 is 0 Å². The zero-order valence-corrected chi connectivity index (χ0v) is 12.5. The first-order valence-electron chi connectivity index (χ1n) is 6.25. The molecule has 2 aromatic heterocycles. The van der Waals surface area contributed by atoms with Gasteiger partial charge in [-0.1, -0.05) is 0 Å². The highest BCUT2D eigenvalue weighted by Crippen LogP contribution is 2.13. The second-order valence-corrected chi connectivity index (χ2v) is 6.05. The normalized spacial score (nSPS) is 11.5. The standard InChI is InChI=1S/C12H16N4O4S/c1-3-20-12(17)10-7-13-15-11(10)21(18,19)14-6-9-4-5-16(2)8-9/h4-5,7-8,14H,3,6H2,1-2H3,(H,13,15). The summed E-state index contributed by atoms with van der Waals surface area (Å²) in [6, 6.07) is 1.79. The lowest BCUT2D eigenvalue weighted by Crippen LogP contribution is -2.25. The lowest BCUT2D eigenvalue weighted by Gasteiger charge is -2.06. The van der Waals surface area contributed by atoms with Crippen molar-refractivity contribution in [2.75, 3.05) is 6.61 Å². The predicted molar refractivity (Wildman–Crippen MR) is 74.0 cm³/mol. The molecule has 0 saturated heterocycles. The quantitative estimate of drug-likeness (QED) is 0.751. The van der Waals surface area contributed by atoms with Crippen LogP contribution in [0.25, 0.3) is 0 Å². The van der Waals surface area contributed by atoms with Gasteiger partial charge >= 0.3 is 5.97 Å². The Kier molecular flexibility index (Phi) is 4.43. The first-order valence-corrected chi connectivity index (χ1v) is 7.73. The fourth-order valence-electron chi connectivity index (χ4n) is 1.75. The van der Waals surface area contributed by atoms with Crippen LogP contribution in [0.4, 0.5) is 0 Å². The summed E-state index contributed by atoms with van der Waals surface area (Å²) in [6.45, 7) is 1.91. The topological polar surface area (TPSA) is 106 Å². The number of nitrogens with zero attached hydrogens (tertiary/aromatic N) is 2. The maximum Gasteiger partial charge on any atom is 0.342 e. The zero-order valence-electron chi connectivity index (χ0n) is 11.7.